The number of halogens is 4. The second-order valence-corrected chi connectivity index (χ2v) is 11.8. The highest BCUT2D eigenvalue weighted by Gasteiger charge is 2.32. The van der Waals surface area contributed by atoms with E-state index in [9.17, 15) is 30.8 Å². The van der Waals surface area contributed by atoms with E-state index in [1.807, 2.05) is 16.9 Å². The van der Waals surface area contributed by atoms with Gasteiger partial charge in [0.15, 0.2) is 0 Å². The predicted octanol–water partition coefficient (Wildman–Crippen LogP) is 4.94. The van der Waals surface area contributed by atoms with Crippen molar-refractivity contribution in [2.24, 2.45) is 0 Å². The summed E-state index contributed by atoms with van der Waals surface area (Å²) in [6, 6.07) is 8.26. The van der Waals surface area contributed by atoms with Crippen LogP contribution >= 0.6 is 0 Å². The first kappa shape index (κ1) is 28.5. The molecule has 0 unspecified atom stereocenters. The number of alkyl halides is 4. The summed E-state index contributed by atoms with van der Waals surface area (Å²) in [6.07, 6.45) is 2.18. The van der Waals surface area contributed by atoms with Crippen LogP contribution in [-0.2, 0) is 34.0 Å². The average molecular weight is 556 g/mol. The fourth-order valence-corrected chi connectivity index (χ4v) is 6.51. The highest BCUT2D eigenvalue weighted by atomic mass is 32.2. The summed E-state index contributed by atoms with van der Waals surface area (Å²) in [4.78, 5) is 12.1. The quantitative estimate of drug-likeness (QED) is 0.363. The summed E-state index contributed by atoms with van der Waals surface area (Å²) in [5.41, 5.74) is 2.20. The van der Waals surface area contributed by atoms with Gasteiger partial charge in [0.05, 0.1) is 22.5 Å². The Morgan fingerprint density at radius 2 is 1.79 bits per heavy atom. The van der Waals surface area contributed by atoms with Crippen LogP contribution in [0.25, 0.3) is 0 Å². The summed E-state index contributed by atoms with van der Waals surface area (Å²) in [5, 5.41) is 6.49. The Bertz CT molecular complexity index is 1230. The fourth-order valence-electron chi connectivity index (χ4n) is 5.25. The second kappa shape index (κ2) is 12.1. The SMILES string of the molecule is O=C(C[C@H](CF)NS(=O)(=O)c1cccc(C(F)(F)F)c1)N[C@@H]1CCCc2cc(CNC3CCCC3)ccc21. The number of sulfonamides is 1. The fraction of sp³-hybridized carbons (Fsp3) is 0.519. The largest absolute Gasteiger partial charge is 0.416 e. The number of carbonyl (C=O) groups is 1. The number of aryl methyl sites for hydroxylation is 1. The minimum atomic E-state index is -4.73. The predicted molar refractivity (Wildman–Crippen MR) is 136 cm³/mol. The van der Waals surface area contributed by atoms with E-state index in [1.54, 1.807) is 0 Å². The number of amides is 1. The Balaban J connectivity index is 1.36. The highest BCUT2D eigenvalue weighted by Crippen LogP contribution is 2.32. The van der Waals surface area contributed by atoms with E-state index in [0.29, 0.717) is 18.5 Å². The number of nitrogens with one attached hydrogen (secondary N) is 3. The topological polar surface area (TPSA) is 87.3 Å². The van der Waals surface area contributed by atoms with Crippen LogP contribution in [0.3, 0.4) is 0 Å². The first-order valence-electron chi connectivity index (χ1n) is 12.9. The Morgan fingerprint density at radius 3 is 2.50 bits per heavy atom. The van der Waals surface area contributed by atoms with Crippen molar-refractivity contribution in [3.63, 3.8) is 0 Å². The Hall–Kier alpha value is -2.50. The molecule has 0 saturated heterocycles. The molecule has 1 saturated carbocycles. The first-order valence-corrected chi connectivity index (χ1v) is 14.4. The zero-order valence-corrected chi connectivity index (χ0v) is 21.8. The lowest BCUT2D eigenvalue weighted by atomic mass is 9.86. The van der Waals surface area contributed by atoms with Gasteiger partial charge in [0.25, 0.3) is 0 Å². The lowest BCUT2D eigenvalue weighted by Gasteiger charge is -2.28. The van der Waals surface area contributed by atoms with Gasteiger partial charge in [-0.3, -0.25) is 4.79 Å². The number of hydrogen-bond donors (Lipinski definition) is 3. The molecule has 6 nitrogen and oxygen atoms in total. The van der Waals surface area contributed by atoms with Crippen LogP contribution in [0, 0.1) is 0 Å². The molecule has 0 aliphatic heterocycles. The highest BCUT2D eigenvalue weighted by molar-refractivity contribution is 7.89. The van der Waals surface area contributed by atoms with E-state index in [0.717, 1.165) is 48.7 Å². The van der Waals surface area contributed by atoms with E-state index in [1.165, 1.54) is 31.2 Å². The molecule has 3 N–H and O–H groups in total. The van der Waals surface area contributed by atoms with Gasteiger partial charge in [-0.25, -0.2) is 17.5 Å². The molecule has 11 heteroatoms. The number of rotatable bonds is 10. The molecular formula is C27H33F4N3O3S. The average Bonchev–Trinajstić information content (AvgIpc) is 3.40. The molecule has 0 spiro atoms. The van der Waals surface area contributed by atoms with Crippen molar-refractivity contribution >= 4 is 15.9 Å². The molecule has 208 valence electrons. The number of hydrogen-bond acceptors (Lipinski definition) is 4. The minimum absolute atomic E-state index is 0.275. The van der Waals surface area contributed by atoms with Gasteiger partial charge in [0.1, 0.15) is 6.67 Å². The molecule has 2 atom stereocenters. The molecule has 4 rings (SSSR count). The van der Waals surface area contributed by atoms with Crippen molar-refractivity contribution in [3.8, 4) is 0 Å². The van der Waals surface area contributed by atoms with E-state index in [-0.39, 0.29) is 6.04 Å². The maximum absolute atomic E-state index is 13.7. The van der Waals surface area contributed by atoms with Crippen molar-refractivity contribution in [2.45, 2.75) is 87.1 Å². The van der Waals surface area contributed by atoms with Gasteiger partial charge < -0.3 is 10.6 Å². The van der Waals surface area contributed by atoms with E-state index >= 15 is 0 Å². The molecule has 38 heavy (non-hydrogen) atoms. The monoisotopic (exact) mass is 555 g/mol. The summed E-state index contributed by atoms with van der Waals surface area (Å²) in [7, 11) is -4.47. The van der Waals surface area contributed by atoms with Crippen LogP contribution in [-0.4, -0.2) is 33.1 Å². The standard InChI is InChI=1S/C27H33F4N3O3S/c28-16-22(34-38(36,37)23-9-4-6-20(14-23)27(29,30)31)15-26(35)33-25-10-3-5-19-13-18(11-12-24(19)25)17-32-21-7-1-2-8-21/h4,6,9,11-14,21-22,25,32,34H,1-3,5,7-8,10,15-17H2,(H,33,35)/t22-,25-/m1/s1. The van der Waals surface area contributed by atoms with Gasteiger partial charge in [-0.05, 0) is 67.0 Å². The van der Waals surface area contributed by atoms with Crippen LogP contribution in [0.15, 0.2) is 47.4 Å². The summed E-state index contributed by atoms with van der Waals surface area (Å²) in [5.74, 6) is -0.538. The van der Waals surface area contributed by atoms with Crippen molar-refractivity contribution in [2.75, 3.05) is 6.67 Å². The van der Waals surface area contributed by atoms with Crippen LogP contribution in [0.4, 0.5) is 17.6 Å². The molecule has 0 radical (unpaired) electrons. The van der Waals surface area contributed by atoms with Gasteiger partial charge in [-0.15, -0.1) is 0 Å². The van der Waals surface area contributed by atoms with Crippen molar-refractivity contribution < 1.29 is 30.8 Å². The third kappa shape index (κ3) is 7.33. The normalized spacial score (nSPS) is 19.2. The molecule has 0 aromatic heterocycles. The van der Waals surface area contributed by atoms with Crippen molar-refractivity contribution in [3.05, 3.63) is 64.7 Å². The molecule has 2 aliphatic carbocycles. The summed E-state index contributed by atoms with van der Waals surface area (Å²) in [6.45, 7) is -0.399. The van der Waals surface area contributed by atoms with Gasteiger partial charge in [0.2, 0.25) is 15.9 Å². The van der Waals surface area contributed by atoms with Gasteiger partial charge in [0, 0.05) is 19.0 Å². The van der Waals surface area contributed by atoms with Crippen LogP contribution < -0.4 is 15.4 Å². The Morgan fingerprint density at radius 1 is 1.03 bits per heavy atom. The van der Waals surface area contributed by atoms with Crippen LogP contribution in [0.2, 0.25) is 0 Å². The molecule has 2 aliphatic rings. The number of fused-ring (bicyclic) bond motifs is 1. The van der Waals surface area contributed by atoms with Gasteiger partial charge in [-0.1, -0.05) is 37.1 Å². The van der Waals surface area contributed by atoms with E-state index in [2.05, 4.69) is 16.7 Å². The Labute approximate surface area is 220 Å². The zero-order chi connectivity index (χ0) is 27.3. The van der Waals surface area contributed by atoms with Crippen LogP contribution in [0.1, 0.15) is 73.2 Å². The number of carbonyl (C=O) groups excluding carboxylic acids is 1. The number of benzene rings is 2. The van der Waals surface area contributed by atoms with E-state index in [4.69, 9.17) is 0 Å². The third-order valence-corrected chi connectivity index (χ3v) is 8.74. The smallest absolute Gasteiger partial charge is 0.349 e. The van der Waals surface area contributed by atoms with E-state index < -0.39 is 51.7 Å². The van der Waals surface area contributed by atoms with Gasteiger partial charge >= 0.3 is 6.18 Å². The van der Waals surface area contributed by atoms with Gasteiger partial charge in [-0.2, -0.15) is 13.2 Å². The zero-order valence-electron chi connectivity index (χ0n) is 21.0. The summed E-state index contributed by atoms with van der Waals surface area (Å²) >= 11 is 0. The van der Waals surface area contributed by atoms with Crippen LogP contribution in [0.5, 0.6) is 0 Å². The maximum Gasteiger partial charge on any atom is 0.416 e. The third-order valence-electron chi connectivity index (χ3n) is 7.22. The second-order valence-electron chi connectivity index (χ2n) is 10.1. The minimum Gasteiger partial charge on any atom is -0.349 e. The summed E-state index contributed by atoms with van der Waals surface area (Å²) < 4.78 is 79.9. The van der Waals surface area contributed by atoms with Crippen molar-refractivity contribution in [1.82, 2.24) is 15.4 Å². The molecule has 0 heterocycles. The molecule has 0 bridgehead atoms. The molecular weight excluding hydrogens is 522 g/mol. The Kier molecular flexibility index (Phi) is 9.10. The molecule has 2 aromatic rings. The molecule has 2 aromatic carbocycles. The molecule has 1 amide bonds. The lowest BCUT2D eigenvalue weighted by Crippen LogP contribution is -2.41. The molecule has 1 fully saturated rings. The maximum atomic E-state index is 13.7. The van der Waals surface area contributed by atoms with Crippen molar-refractivity contribution in [1.29, 1.82) is 0 Å². The lowest BCUT2D eigenvalue weighted by molar-refractivity contribution is -0.137. The first-order chi connectivity index (χ1) is 18.0.